The molecule has 15 heteroatoms. The van der Waals surface area contributed by atoms with Crippen molar-refractivity contribution in [1.29, 1.82) is 0 Å². The molecule has 3 aliphatic rings. The summed E-state index contributed by atoms with van der Waals surface area (Å²) in [5.41, 5.74) is 4.80. The van der Waals surface area contributed by atoms with Crippen molar-refractivity contribution >= 4 is 70.6 Å². The molecule has 58 heavy (non-hydrogen) atoms. The summed E-state index contributed by atoms with van der Waals surface area (Å²) in [5.74, 6) is 7.04. The van der Waals surface area contributed by atoms with E-state index in [0.717, 1.165) is 74.2 Å². The van der Waals surface area contributed by atoms with Crippen molar-refractivity contribution in [2.45, 2.75) is 63.6 Å². The molecule has 3 aromatic carbocycles. The minimum Gasteiger partial charge on any atom is -0.494 e. The zero-order valence-corrected chi connectivity index (χ0v) is 34.6. The molecule has 0 aliphatic carbocycles. The number of methoxy groups -OCH3 is 1. The highest BCUT2D eigenvalue weighted by Gasteiger charge is 2.39. The van der Waals surface area contributed by atoms with Crippen LogP contribution in [0.2, 0.25) is 5.02 Å². The molecule has 2 saturated heterocycles. The van der Waals surface area contributed by atoms with E-state index in [0.29, 0.717) is 58.1 Å². The Morgan fingerprint density at radius 2 is 1.79 bits per heavy atom. The maximum absolute atomic E-state index is 13.0. The van der Waals surface area contributed by atoms with Crippen LogP contribution < -0.4 is 36.2 Å². The van der Waals surface area contributed by atoms with E-state index in [-0.39, 0.29) is 18.2 Å². The SMILES string of the molecule is COc1cc(N2CCC(NCCCCC#Cc3ccc4c(c3)CN(C3CCC(=O)NC3=O)C4=O)CC2)ccc1Nc1ncc(Cl)c(Nc2ccccc2P(C)(C)=O)n1. The third-order valence-corrected chi connectivity index (χ3v) is 12.5. The molecule has 1 atom stereocenters. The number of hydrogen-bond acceptors (Lipinski definition) is 11. The lowest BCUT2D eigenvalue weighted by Gasteiger charge is -2.34. The molecule has 4 heterocycles. The molecule has 0 radical (unpaired) electrons. The number of carbonyl (C=O) groups excluding carboxylic acids is 3. The van der Waals surface area contributed by atoms with Crippen molar-refractivity contribution in [1.82, 2.24) is 25.5 Å². The predicted molar refractivity (Wildman–Crippen MR) is 229 cm³/mol. The molecule has 7 rings (SSSR count). The second-order valence-electron chi connectivity index (χ2n) is 15.1. The number of nitrogens with zero attached hydrogens (tertiary/aromatic N) is 4. The first-order chi connectivity index (χ1) is 28.0. The van der Waals surface area contributed by atoms with Crippen molar-refractivity contribution in [3.05, 3.63) is 88.6 Å². The van der Waals surface area contributed by atoms with E-state index in [4.69, 9.17) is 16.3 Å². The average Bonchev–Trinajstić information content (AvgIpc) is 3.53. The molecule has 0 bridgehead atoms. The van der Waals surface area contributed by atoms with Gasteiger partial charge in [-0.2, -0.15) is 4.98 Å². The molecule has 0 spiro atoms. The number of ether oxygens (including phenoxy) is 1. The zero-order chi connectivity index (χ0) is 40.8. The normalized spacial score (nSPS) is 17.0. The molecule has 3 aliphatic heterocycles. The van der Waals surface area contributed by atoms with Crippen LogP contribution >= 0.6 is 18.7 Å². The van der Waals surface area contributed by atoms with Crippen molar-refractivity contribution in [3.8, 4) is 17.6 Å². The van der Waals surface area contributed by atoms with Gasteiger partial charge in [0.1, 0.15) is 24.0 Å². The van der Waals surface area contributed by atoms with Crippen LogP contribution in [0, 0.1) is 11.8 Å². The summed E-state index contributed by atoms with van der Waals surface area (Å²) in [7, 11) is -0.903. The van der Waals surface area contributed by atoms with Gasteiger partial charge in [-0.3, -0.25) is 19.7 Å². The van der Waals surface area contributed by atoms with E-state index in [1.54, 1.807) is 31.4 Å². The molecule has 4 N–H and O–H groups in total. The fourth-order valence-corrected chi connectivity index (χ4v) is 8.89. The standard InChI is InChI=1S/C43H48ClN8O5P/c1-57-37-25-31(14-16-34(37)48-43-46-26-33(44)40(50-43)47-35-11-7-8-12-38(35)58(2,3)56)51-22-19-30(20-23-51)45-21-9-5-4-6-10-28-13-15-32-29(24-28)27-52(42(32)55)36-17-18-39(53)49-41(36)54/h7-8,11-16,24-26,30,36,45H,4-5,9,17-23,27H2,1-3H3,(H,49,53,54)(H2,46,47,48,50). The highest BCUT2D eigenvalue weighted by Crippen LogP contribution is 2.39. The predicted octanol–water partition coefficient (Wildman–Crippen LogP) is 6.42. The number of halogens is 1. The lowest BCUT2D eigenvalue weighted by molar-refractivity contribution is -0.136. The van der Waals surface area contributed by atoms with Crippen LogP contribution in [0.4, 0.5) is 28.8 Å². The molecular formula is C43H48ClN8O5P. The summed E-state index contributed by atoms with van der Waals surface area (Å²) in [6, 6.07) is 18.9. The third-order valence-electron chi connectivity index (χ3n) is 10.7. The number of imide groups is 1. The van der Waals surface area contributed by atoms with Crippen LogP contribution in [0.15, 0.2) is 66.9 Å². The highest BCUT2D eigenvalue weighted by molar-refractivity contribution is 7.70. The van der Waals surface area contributed by atoms with Gasteiger partial charge in [-0.05, 0) is 100 Å². The maximum atomic E-state index is 13.0. The van der Waals surface area contributed by atoms with Gasteiger partial charge in [0.15, 0.2) is 5.82 Å². The fourth-order valence-electron chi connectivity index (χ4n) is 7.59. The van der Waals surface area contributed by atoms with Crippen molar-refractivity contribution in [3.63, 3.8) is 0 Å². The number of aromatic nitrogens is 2. The van der Waals surface area contributed by atoms with Crippen molar-refractivity contribution in [2.75, 3.05) is 55.6 Å². The third kappa shape index (κ3) is 9.64. The number of benzene rings is 3. The van der Waals surface area contributed by atoms with Gasteiger partial charge in [-0.25, -0.2) is 4.98 Å². The van der Waals surface area contributed by atoms with E-state index < -0.39 is 19.1 Å². The molecular weight excluding hydrogens is 775 g/mol. The number of unbranched alkanes of at least 4 members (excludes halogenated alkanes) is 2. The first-order valence-corrected chi connectivity index (χ1v) is 22.6. The number of anilines is 5. The van der Waals surface area contributed by atoms with Gasteiger partial charge >= 0.3 is 0 Å². The van der Waals surface area contributed by atoms with Crippen LogP contribution in [0.3, 0.4) is 0 Å². The lowest BCUT2D eigenvalue weighted by atomic mass is 10.0. The Morgan fingerprint density at radius 3 is 2.57 bits per heavy atom. The van der Waals surface area contributed by atoms with E-state index in [2.05, 4.69) is 54.0 Å². The van der Waals surface area contributed by atoms with E-state index in [9.17, 15) is 18.9 Å². The molecule has 1 aromatic heterocycles. The van der Waals surface area contributed by atoms with Crippen LogP contribution in [0.1, 0.15) is 66.4 Å². The van der Waals surface area contributed by atoms with Gasteiger partial charge in [-0.15, -0.1) is 0 Å². The number of para-hydroxylation sites is 1. The molecule has 2 fully saturated rings. The maximum Gasteiger partial charge on any atom is 0.255 e. The topological polar surface area (TPSA) is 158 Å². The monoisotopic (exact) mass is 822 g/mol. The van der Waals surface area contributed by atoms with Gasteiger partial charge < -0.3 is 35.1 Å². The lowest BCUT2D eigenvalue weighted by Crippen LogP contribution is -2.52. The average molecular weight is 823 g/mol. The minimum atomic E-state index is -2.54. The largest absolute Gasteiger partial charge is 0.494 e. The summed E-state index contributed by atoms with van der Waals surface area (Å²) in [6.45, 7) is 6.60. The summed E-state index contributed by atoms with van der Waals surface area (Å²) < 4.78 is 18.6. The van der Waals surface area contributed by atoms with E-state index in [1.807, 2.05) is 48.5 Å². The van der Waals surface area contributed by atoms with E-state index in [1.165, 1.54) is 6.20 Å². The minimum absolute atomic E-state index is 0.174. The van der Waals surface area contributed by atoms with Crippen molar-refractivity contribution in [2.24, 2.45) is 0 Å². The second kappa shape index (κ2) is 18.0. The first-order valence-electron chi connectivity index (χ1n) is 19.6. The van der Waals surface area contributed by atoms with Crippen LogP contribution in [-0.2, 0) is 20.7 Å². The zero-order valence-electron chi connectivity index (χ0n) is 32.9. The van der Waals surface area contributed by atoms with Crippen LogP contribution in [0.25, 0.3) is 0 Å². The van der Waals surface area contributed by atoms with Gasteiger partial charge in [-0.1, -0.05) is 35.6 Å². The van der Waals surface area contributed by atoms with Crippen molar-refractivity contribution < 1.29 is 23.7 Å². The summed E-state index contributed by atoms with van der Waals surface area (Å²) in [5, 5.41) is 13.6. The summed E-state index contributed by atoms with van der Waals surface area (Å²) in [6.07, 6.45) is 6.98. The fraction of sp³-hybridized carbons (Fsp3) is 0.372. The Bertz CT molecular complexity index is 2320. The molecule has 302 valence electrons. The van der Waals surface area contributed by atoms with E-state index >= 15 is 0 Å². The number of rotatable bonds is 13. The molecule has 4 aromatic rings. The van der Waals surface area contributed by atoms with Gasteiger partial charge in [0, 0.05) is 66.7 Å². The Morgan fingerprint density at radius 1 is 0.983 bits per heavy atom. The molecule has 0 saturated carbocycles. The Labute approximate surface area is 344 Å². The second-order valence-corrected chi connectivity index (χ2v) is 18.7. The Kier molecular flexibility index (Phi) is 12.7. The van der Waals surface area contributed by atoms with Crippen LogP contribution in [-0.4, -0.2) is 84.7 Å². The van der Waals surface area contributed by atoms with Gasteiger partial charge in [0.2, 0.25) is 17.8 Å². The highest BCUT2D eigenvalue weighted by atomic mass is 35.5. The smallest absolute Gasteiger partial charge is 0.255 e. The number of nitrogens with one attached hydrogen (secondary N) is 4. The van der Waals surface area contributed by atoms with Crippen LogP contribution in [0.5, 0.6) is 5.75 Å². The van der Waals surface area contributed by atoms with Gasteiger partial charge in [0.25, 0.3) is 5.91 Å². The number of piperidine rings is 2. The number of amides is 3. The number of carbonyl (C=O) groups is 3. The first kappa shape index (κ1) is 40.8. The van der Waals surface area contributed by atoms with Gasteiger partial charge in [0.05, 0.1) is 24.7 Å². The Balaban J connectivity index is 0.843. The summed E-state index contributed by atoms with van der Waals surface area (Å²) in [4.78, 5) is 49.7. The molecule has 13 nitrogen and oxygen atoms in total. The summed E-state index contributed by atoms with van der Waals surface area (Å²) >= 11 is 6.46. The molecule has 1 unspecified atom stereocenters. The Hall–Kier alpha value is -5.41. The molecule has 3 amide bonds. The quantitative estimate of drug-likeness (QED) is 0.0511. The number of fused-ring (bicyclic) bond motifs is 1. The number of hydrogen-bond donors (Lipinski definition) is 4.